The number of hydrogen-bond acceptors (Lipinski definition) is 6. The molecule has 0 aliphatic rings. The highest BCUT2D eigenvalue weighted by Crippen LogP contribution is 2.30. The van der Waals surface area contributed by atoms with Crippen LogP contribution in [0.25, 0.3) is 6.08 Å². The van der Waals surface area contributed by atoms with Crippen LogP contribution in [0.4, 0.5) is 5.88 Å². The number of furan rings is 1. The van der Waals surface area contributed by atoms with Crippen LogP contribution in [0.5, 0.6) is 11.5 Å². The van der Waals surface area contributed by atoms with Crippen LogP contribution in [0.1, 0.15) is 39.7 Å². The molecule has 0 atom stereocenters. The zero-order chi connectivity index (χ0) is 24.0. The molecular weight excluding hydrogens is 444 g/mol. The first-order chi connectivity index (χ1) is 15.8. The quantitative estimate of drug-likeness (QED) is 0.346. The number of ketones is 1. The van der Waals surface area contributed by atoms with Crippen LogP contribution in [-0.4, -0.2) is 18.8 Å². The average molecular weight is 465 g/mol. The maximum atomic E-state index is 12.3. The summed E-state index contributed by atoms with van der Waals surface area (Å²) in [6.45, 7) is 3.24. The Morgan fingerprint density at radius 1 is 1.18 bits per heavy atom. The molecular formula is C25H21ClN2O5. The molecule has 0 saturated heterocycles. The number of rotatable bonds is 8. The molecule has 0 spiro atoms. The number of nitrogens with zero attached hydrogens (tertiary/aromatic N) is 1. The fraction of sp³-hybridized carbons (Fsp3) is 0.160. The van der Waals surface area contributed by atoms with E-state index in [4.69, 9.17) is 25.5 Å². The predicted molar refractivity (Wildman–Crippen MR) is 125 cm³/mol. The minimum atomic E-state index is -0.516. The number of nitriles is 1. The van der Waals surface area contributed by atoms with E-state index in [0.717, 1.165) is 5.56 Å². The second-order valence-corrected chi connectivity index (χ2v) is 7.49. The number of nitrogens with one attached hydrogen (secondary N) is 1. The third-order valence-electron chi connectivity index (χ3n) is 4.71. The maximum absolute atomic E-state index is 12.3. The fourth-order valence-corrected chi connectivity index (χ4v) is 3.26. The van der Waals surface area contributed by atoms with Crippen LogP contribution in [-0.2, 0) is 11.4 Å². The molecule has 1 aromatic heterocycles. The molecule has 3 rings (SSSR count). The van der Waals surface area contributed by atoms with Crippen LogP contribution in [0.15, 0.2) is 53.0 Å². The second-order valence-electron chi connectivity index (χ2n) is 7.05. The smallest absolute Gasteiger partial charge is 0.250 e. The highest BCUT2D eigenvalue weighted by molar-refractivity contribution is 6.30. The van der Waals surface area contributed by atoms with E-state index in [-0.39, 0.29) is 28.6 Å². The number of carbonyl (C=O) groups excluding carboxylic acids is 2. The van der Waals surface area contributed by atoms with E-state index in [0.29, 0.717) is 28.7 Å². The third-order valence-corrected chi connectivity index (χ3v) is 4.96. The molecule has 8 heteroatoms. The molecule has 7 nitrogen and oxygen atoms in total. The lowest BCUT2D eigenvalue weighted by Crippen LogP contribution is -2.08. The van der Waals surface area contributed by atoms with Crippen molar-refractivity contribution in [2.45, 2.75) is 20.5 Å². The average Bonchev–Trinajstić information content (AvgIpc) is 3.12. The third kappa shape index (κ3) is 5.82. The maximum Gasteiger partial charge on any atom is 0.250 e. The molecule has 0 bridgehead atoms. The van der Waals surface area contributed by atoms with Crippen LogP contribution in [0.2, 0.25) is 5.02 Å². The molecule has 33 heavy (non-hydrogen) atoms. The van der Waals surface area contributed by atoms with Crippen molar-refractivity contribution in [2.24, 2.45) is 0 Å². The summed E-state index contributed by atoms with van der Waals surface area (Å²) in [5, 5.41) is 12.5. The normalized spacial score (nSPS) is 10.6. The lowest BCUT2D eigenvalue weighted by atomic mass is 10.1. The molecule has 0 fully saturated rings. The number of carbonyl (C=O) groups is 2. The molecule has 1 amide bonds. The van der Waals surface area contributed by atoms with Gasteiger partial charge in [0.25, 0.3) is 5.91 Å². The van der Waals surface area contributed by atoms with Gasteiger partial charge in [0, 0.05) is 11.1 Å². The van der Waals surface area contributed by atoms with E-state index in [9.17, 15) is 14.9 Å². The number of benzene rings is 2. The molecule has 0 saturated carbocycles. The first-order valence-electron chi connectivity index (χ1n) is 9.91. The molecule has 0 aliphatic heterocycles. The zero-order valence-corrected chi connectivity index (χ0v) is 19.0. The SMILES string of the molecule is COc1cc(/C=C/C(=O)Nc2oc(C)c(C(C)=O)c2C#N)ccc1OCc1ccc(Cl)cc1. The molecule has 1 N–H and O–H groups in total. The van der Waals surface area contributed by atoms with Gasteiger partial charge < -0.3 is 13.9 Å². The first kappa shape index (κ1) is 23.6. The Bertz CT molecular complexity index is 1250. The van der Waals surface area contributed by atoms with Crippen LogP contribution in [0.3, 0.4) is 0 Å². The second kappa shape index (κ2) is 10.5. The molecule has 3 aromatic rings. The van der Waals surface area contributed by atoms with Gasteiger partial charge in [-0.05, 0) is 55.3 Å². The van der Waals surface area contributed by atoms with Gasteiger partial charge in [0.15, 0.2) is 17.3 Å². The minimum Gasteiger partial charge on any atom is -0.493 e. The Morgan fingerprint density at radius 3 is 2.55 bits per heavy atom. The van der Waals surface area contributed by atoms with E-state index in [1.165, 1.54) is 20.1 Å². The monoisotopic (exact) mass is 464 g/mol. The molecule has 0 unspecified atom stereocenters. The van der Waals surface area contributed by atoms with Crippen molar-refractivity contribution in [1.82, 2.24) is 0 Å². The summed E-state index contributed by atoms with van der Waals surface area (Å²) in [5.41, 5.74) is 1.82. The van der Waals surface area contributed by atoms with E-state index >= 15 is 0 Å². The Hall–Kier alpha value is -4.02. The number of ether oxygens (including phenoxy) is 2. The number of methoxy groups -OCH3 is 1. The van der Waals surface area contributed by atoms with Gasteiger partial charge in [-0.15, -0.1) is 0 Å². The first-order valence-corrected chi connectivity index (χ1v) is 10.3. The van der Waals surface area contributed by atoms with Crippen LogP contribution < -0.4 is 14.8 Å². The Labute approximate surface area is 196 Å². The number of amides is 1. The van der Waals surface area contributed by atoms with Gasteiger partial charge in [-0.1, -0.05) is 29.8 Å². The van der Waals surface area contributed by atoms with Crippen molar-refractivity contribution in [3.63, 3.8) is 0 Å². The van der Waals surface area contributed by atoms with Gasteiger partial charge in [0.05, 0.1) is 12.7 Å². The summed E-state index contributed by atoms with van der Waals surface area (Å²) >= 11 is 5.90. The van der Waals surface area contributed by atoms with E-state index < -0.39 is 5.91 Å². The molecule has 2 aromatic carbocycles. The highest BCUT2D eigenvalue weighted by atomic mass is 35.5. The van der Waals surface area contributed by atoms with E-state index in [2.05, 4.69) is 5.32 Å². The van der Waals surface area contributed by atoms with E-state index in [1.54, 1.807) is 43.3 Å². The predicted octanol–water partition coefficient (Wildman–Crippen LogP) is 5.56. The number of aryl methyl sites for hydroxylation is 1. The van der Waals surface area contributed by atoms with Gasteiger partial charge in [-0.2, -0.15) is 5.26 Å². The number of anilines is 1. The summed E-state index contributed by atoms with van der Waals surface area (Å²) in [7, 11) is 1.53. The van der Waals surface area contributed by atoms with Crippen molar-refractivity contribution < 1.29 is 23.5 Å². The molecule has 1 heterocycles. The summed E-state index contributed by atoms with van der Waals surface area (Å²) in [6.07, 6.45) is 2.87. The zero-order valence-electron chi connectivity index (χ0n) is 18.3. The van der Waals surface area contributed by atoms with Gasteiger partial charge >= 0.3 is 0 Å². The summed E-state index contributed by atoms with van der Waals surface area (Å²) in [4.78, 5) is 24.1. The van der Waals surface area contributed by atoms with Gasteiger partial charge in [0.1, 0.15) is 24.0 Å². The van der Waals surface area contributed by atoms with Crippen molar-refractivity contribution in [1.29, 1.82) is 5.26 Å². The Balaban J connectivity index is 1.69. The lowest BCUT2D eigenvalue weighted by Gasteiger charge is -2.11. The molecule has 168 valence electrons. The van der Waals surface area contributed by atoms with Crippen molar-refractivity contribution in [3.8, 4) is 17.6 Å². The van der Waals surface area contributed by atoms with Crippen LogP contribution in [0, 0.1) is 18.3 Å². The standard InChI is InChI=1S/C25H21ClN2O5/c1-15(29)24-16(2)33-25(20(24)13-27)28-23(30)11-7-17-6-10-21(22(12-17)31-3)32-14-18-4-8-19(26)9-5-18/h4-12H,14H2,1-3H3,(H,28,30)/b11-7+. The Morgan fingerprint density at radius 2 is 1.91 bits per heavy atom. The van der Waals surface area contributed by atoms with Crippen molar-refractivity contribution in [2.75, 3.05) is 12.4 Å². The van der Waals surface area contributed by atoms with Crippen LogP contribution >= 0.6 is 11.6 Å². The topological polar surface area (TPSA) is 102 Å². The Kier molecular flexibility index (Phi) is 7.54. The number of halogens is 1. The number of Topliss-reactive ketones (excluding diaryl/α,β-unsaturated/α-hetero) is 1. The highest BCUT2D eigenvalue weighted by Gasteiger charge is 2.21. The summed E-state index contributed by atoms with van der Waals surface area (Å²) in [6, 6.07) is 14.5. The van der Waals surface area contributed by atoms with Crippen molar-refractivity contribution >= 4 is 35.3 Å². The number of hydrogen-bond donors (Lipinski definition) is 1. The van der Waals surface area contributed by atoms with Gasteiger partial charge in [-0.25, -0.2) is 0 Å². The summed E-state index contributed by atoms with van der Waals surface area (Å²) in [5.74, 6) is 0.448. The fourth-order valence-electron chi connectivity index (χ4n) is 3.14. The lowest BCUT2D eigenvalue weighted by molar-refractivity contribution is -0.111. The van der Waals surface area contributed by atoms with E-state index in [1.807, 2.05) is 18.2 Å². The summed E-state index contributed by atoms with van der Waals surface area (Å²) < 4.78 is 16.6. The minimum absolute atomic E-state index is 0.00519. The van der Waals surface area contributed by atoms with Crippen molar-refractivity contribution in [3.05, 3.63) is 81.6 Å². The molecule has 0 aliphatic carbocycles. The molecule has 0 radical (unpaired) electrons. The van der Waals surface area contributed by atoms with Gasteiger partial charge in [0.2, 0.25) is 5.88 Å². The van der Waals surface area contributed by atoms with Gasteiger partial charge in [-0.3, -0.25) is 14.9 Å². The largest absolute Gasteiger partial charge is 0.493 e.